The fraction of sp³-hybridized carbons (Fsp3) is 0. The van der Waals surface area contributed by atoms with Gasteiger partial charge in [0.2, 0.25) is 0 Å². The molecule has 0 radical (unpaired) electrons. The Kier molecular flexibility index (Phi) is 2.39. The van der Waals surface area contributed by atoms with Gasteiger partial charge in [-0.05, 0) is 23.3 Å². The summed E-state index contributed by atoms with van der Waals surface area (Å²) in [6.45, 7) is 0. The van der Waals surface area contributed by atoms with Crippen LogP contribution < -0.4 is 0 Å². The first kappa shape index (κ1) is 10.8. The Morgan fingerprint density at radius 2 is 1.32 bits per heavy atom. The zero-order chi connectivity index (χ0) is 12.7. The predicted molar refractivity (Wildman–Crippen MR) is 84.8 cm³/mol. The molecule has 0 saturated heterocycles. The normalized spacial score (nSPS) is 11.2. The summed E-state index contributed by atoms with van der Waals surface area (Å²) in [6, 6.07) is 25.9. The van der Waals surface area contributed by atoms with Crippen molar-refractivity contribution in [3.05, 3.63) is 72.8 Å². The quantitative estimate of drug-likeness (QED) is 0.410. The van der Waals surface area contributed by atoms with Crippen LogP contribution in [0.2, 0.25) is 0 Å². The third kappa shape index (κ3) is 1.66. The minimum Gasteiger partial charge on any atom is -0.135 e. The van der Waals surface area contributed by atoms with E-state index in [0.717, 1.165) is 0 Å². The third-order valence-electron chi connectivity index (χ3n) is 3.49. The molecule has 0 fully saturated rings. The molecule has 1 heteroatoms. The Bertz CT molecular complexity index is 857. The summed E-state index contributed by atoms with van der Waals surface area (Å²) in [6.07, 6.45) is 0. The second-order valence-corrected chi connectivity index (χ2v) is 5.73. The van der Waals surface area contributed by atoms with Crippen LogP contribution in [-0.2, 0) is 0 Å². The summed E-state index contributed by atoms with van der Waals surface area (Å²) in [5.41, 5.74) is 2.62. The number of hydrogen-bond acceptors (Lipinski definition) is 1. The van der Waals surface area contributed by atoms with Crippen molar-refractivity contribution in [2.75, 3.05) is 0 Å². The molecule has 0 amide bonds. The topological polar surface area (TPSA) is 0 Å². The van der Waals surface area contributed by atoms with E-state index in [-0.39, 0.29) is 0 Å². The standard InChI is InChI=1S/C18H12S/c1-2-7-13(8-3-1)14-10-6-12-17-18(14)15-9-4-5-11-16(15)19-17/h1-12H. The molecule has 0 aliphatic rings. The maximum absolute atomic E-state index is 2.22. The Labute approximate surface area is 115 Å². The second-order valence-electron chi connectivity index (χ2n) is 4.64. The third-order valence-corrected chi connectivity index (χ3v) is 4.62. The van der Waals surface area contributed by atoms with Crippen molar-refractivity contribution in [2.45, 2.75) is 0 Å². The van der Waals surface area contributed by atoms with Crippen LogP contribution in [0.4, 0.5) is 0 Å². The van der Waals surface area contributed by atoms with Crippen LogP contribution in [0.5, 0.6) is 0 Å². The van der Waals surface area contributed by atoms with Gasteiger partial charge in [-0.25, -0.2) is 0 Å². The highest BCUT2D eigenvalue weighted by Gasteiger charge is 2.09. The summed E-state index contributed by atoms with van der Waals surface area (Å²) in [4.78, 5) is 0. The molecule has 4 rings (SSSR count). The average molecular weight is 260 g/mol. The molecule has 0 saturated carbocycles. The van der Waals surface area contributed by atoms with Crippen LogP contribution in [0.1, 0.15) is 0 Å². The molecule has 0 nitrogen and oxygen atoms in total. The van der Waals surface area contributed by atoms with Crippen LogP contribution in [0.3, 0.4) is 0 Å². The lowest BCUT2D eigenvalue weighted by atomic mass is 10.00. The molecule has 0 N–H and O–H groups in total. The molecule has 0 bridgehead atoms. The van der Waals surface area contributed by atoms with E-state index in [4.69, 9.17) is 0 Å². The molecule has 0 atom stereocenters. The molecule has 0 unspecified atom stereocenters. The largest absolute Gasteiger partial charge is 0.135 e. The fourth-order valence-corrected chi connectivity index (χ4v) is 3.77. The lowest BCUT2D eigenvalue weighted by Gasteiger charge is -2.04. The summed E-state index contributed by atoms with van der Waals surface area (Å²) < 4.78 is 2.73. The number of hydrogen-bond donors (Lipinski definition) is 0. The van der Waals surface area contributed by atoms with E-state index in [1.807, 2.05) is 11.3 Å². The molecule has 0 spiro atoms. The first-order valence-corrected chi connectivity index (χ1v) is 7.21. The van der Waals surface area contributed by atoms with Crippen LogP contribution in [0.15, 0.2) is 72.8 Å². The molecule has 0 aliphatic carbocycles. The highest BCUT2D eigenvalue weighted by atomic mass is 32.1. The molecule has 3 aromatic carbocycles. The van der Waals surface area contributed by atoms with Gasteiger partial charge in [0.15, 0.2) is 0 Å². The Morgan fingerprint density at radius 3 is 2.21 bits per heavy atom. The summed E-state index contributed by atoms with van der Waals surface area (Å²) in [7, 11) is 0. The second kappa shape index (κ2) is 4.22. The first-order chi connectivity index (χ1) is 9.43. The molecule has 1 heterocycles. The van der Waals surface area contributed by atoms with Crippen molar-refractivity contribution < 1.29 is 0 Å². The zero-order valence-electron chi connectivity index (χ0n) is 10.3. The van der Waals surface area contributed by atoms with Gasteiger partial charge in [-0.15, -0.1) is 11.3 Å². The van der Waals surface area contributed by atoms with E-state index < -0.39 is 0 Å². The summed E-state index contributed by atoms with van der Waals surface area (Å²) in [5, 5.41) is 2.75. The van der Waals surface area contributed by atoms with Gasteiger partial charge in [-0.1, -0.05) is 60.7 Å². The van der Waals surface area contributed by atoms with Crippen LogP contribution >= 0.6 is 11.3 Å². The minimum atomic E-state index is 1.29. The van der Waals surface area contributed by atoms with Crippen molar-refractivity contribution in [3.63, 3.8) is 0 Å². The predicted octanol–water partition coefficient (Wildman–Crippen LogP) is 5.72. The van der Waals surface area contributed by atoms with E-state index in [0.29, 0.717) is 0 Å². The lowest BCUT2D eigenvalue weighted by Crippen LogP contribution is -1.78. The molecule has 90 valence electrons. The molecule has 0 aliphatic heterocycles. The molecular weight excluding hydrogens is 248 g/mol. The molecule has 4 aromatic rings. The monoisotopic (exact) mass is 260 g/mol. The van der Waals surface area contributed by atoms with Gasteiger partial charge in [0.25, 0.3) is 0 Å². The summed E-state index contributed by atoms with van der Waals surface area (Å²) >= 11 is 1.87. The SMILES string of the molecule is c1ccc(-c2cccc3sc4ccccc4c23)cc1. The molecular formula is C18H12S. The smallest absolute Gasteiger partial charge is 0.0361 e. The van der Waals surface area contributed by atoms with Crippen molar-refractivity contribution in [3.8, 4) is 11.1 Å². The fourth-order valence-electron chi connectivity index (χ4n) is 2.63. The van der Waals surface area contributed by atoms with Gasteiger partial charge >= 0.3 is 0 Å². The number of benzene rings is 3. The highest BCUT2D eigenvalue weighted by molar-refractivity contribution is 7.25. The Balaban J connectivity index is 2.17. The molecule has 1 aromatic heterocycles. The molecule has 19 heavy (non-hydrogen) atoms. The maximum Gasteiger partial charge on any atom is 0.0361 e. The van der Waals surface area contributed by atoms with Gasteiger partial charge < -0.3 is 0 Å². The summed E-state index contributed by atoms with van der Waals surface area (Å²) in [5.74, 6) is 0. The van der Waals surface area contributed by atoms with Crippen molar-refractivity contribution >= 4 is 31.5 Å². The van der Waals surface area contributed by atoms with Gasteiger partial charge in [0.05, 0.1) is 0 Å². The van der Waals surface area contributed by atoms with Crippen LogP contribution in [0.25, 0.3) is 31.3 Å². The Hall–Kier alpha value is -2.12. The van der Waals surface area contributed by atoms with Crippen molar-refractivity contribution in [1.29, 1.82) is 0 Å². The maximum atomic E-state index is 2.22. The minimum absolute atomic E-state index is 1.29. The average Bonchev–Trinajstić information content (AvgIpc) is 2.86. The van der Waals surface area contributed by atoms with Crippen LogP contribution in [-0.4, -0.2) is 0 Å². The number of thiophene rings is 1. The van der Waals surface area contributed by atoms with Crippen LogP contribution in [0, 0.1) is 0 Å². The number of fused-ring (bicyclic) bond motifs is 3. The van der Waals surface area contributed by atoms with Gasteiger partial charge in [-0.3, -0.25) is 0 Å². The van der Waals surface area contributed by atoms with E-state index in [1.165, 1.54) is 31.3 Å². The number of rotatable bonds is 1. The van der Waals surface area contributed by atoms with Gasteiger partial charge in [-0.2, -0.15) is 0 Å². The Morgan fingerprint density at radius 1 is 0.579 bits per heavy atom. The van der Waals surface area contributed by atoms with E-state index in [9.17, 15) is 0 Å². The van der Waals surface area contributed by atoms with Gasteiger partial charge in [0, 0.05) is 20.2 Å². The zero-order valence-corrected chi connectivity index (χ0v) is 11.2. The van der Waals surface area contributed by atoms with Crippen molar-refractivity contribution in [1.82, 2.24) is 0 Å². The highest BCUT2D eigenvalue weighted by Crippen LogP contribution is 2.39. The lowest BCUT2D eigenvalue weighted by molar-refractivity contribution is 1.67. The van der Waals surface area contributed by atoms with E-state index in [1.54, 1.807) is 0 Å². The van der Waals surface area contributed by atoms with Crippen molar-refractivity contribution in [2.24, 2.45) is 0 Å². The first-order valence-electron chi connectivity index (χ1n) is 6.39. The van der Waals surface area contributed by atoms with Gasteiger partial charge in [0.1, 0.15) is 0 Å². The van der Waals surface area contributed by atoms with E-state index in [2.05, 4.69) is 72.8 Å². The van der Waals surface area contributed by atoms with E-state index >= 15 is 0 Å².